The minimum absolute atomic E-state index is 0.0519. The Labute approximate surface area is 232 Å². The molecule has 2 N–H and O–H groups in total. The van der Waals surface area contributed by atoms with Crippen LogP contribution < -0.4 is 20.4 Å². The second-order valence-electron chi connectivity index (χ2n) is 7.96. The smallest absolute Gasteiger partial charge is 0.414 e. The third kappa shape index (κ3) is 6.43. The number of hydrogen-bond acceptors (Lipinski definition) is 9. The van der Waals surface area contributed by atoms with Crippen molar-refractivity contribution in [2.24, 2.45) is 5.10 Å². The van der Waals surface area contributed by atoms with E-state index in [-0.39, 0.29) is 34.0 Å². The van der Waals surface area contributed by atoms with E-state index >= 15 is 0 Å². The molecule has 0 fully saturated rings. The summed E-state index contributed by atoms with van der Waals surface area (Å²) in [7, 11) is 0. The molecule has 0 unspecified atom stereocenters. The predicted octanol–water partition coefficient (Wildman–Crippen LogP) is 4.95. The summed E-state index contributed by atoms with van der Waals surface area (Å²) in [5.74, 6) is -0.568. The van der Waals surface area contributed by atoms with Gasteiger partial charge in [0.2, 0.25) is 5.71 Å². The van der Waals surface area contributed by atoms with E-state index < -0.39 is 17.7 Å². The second kappa shape index (κ2) is 12.3. The van der Waals surface area contributed by atoms with Gasteiger partial charge in [0, 0.05) is 30.2 Å². The number of imide groups is 1. The Morgan fingerprint density at radius 3 is 2.54 bits per heavy atom. The molecule has 1 aromatic heterocycles. The van der Waals surface area contributed by atoms with E-state index in [2.05, 4.69) is 20.2 Å². The molecule has 2 aromatic carbocycles. The largest absolute Gasteiger partial charge is 0.454 e. The lowest BCUT2D eigenvalue weighted by molar-refractivity contribution is -0.114. The van der Waals surface area contributed by atoms with Crippen LogP contribution in [0.15, 0.2) is 60.0 Å². The van der Waals surface area contributed by atoms with Crippen molar-refractivity contribution in [3.05, 3.63) is 76.0 Å². The second-order valence-corrected chi connectivity index (χ2v) is 8.78. The number of hydrazone groups is 1. The number of amides is 3. The molecular weight excluding hydrogens is 547 g/mol. The quantitative estimate of drug-likeness (QED) is 0.301. The number of rotatable bonds is 7. The van der Waals surface area contributed by atoms with E-state index in [1.807, 2.05) is 5.32 Å². The van der Waals surface area contributed by atoms with Gasteiger partial charge in [-0.3, -0.25) is 25.3 Å². The number of pyridine rings is 1. The van der Waals surface area contributed by atoms with Gasteiger partial charge in [0.25, 0.3) is 11.8 Å². The number of nitrogens with one attached hydrogen (secondary N) is 2. The van der Waals surface area contributed by atoms with Crippen LogP contribution >= 0.6 is 23.2 Å². The lowest BCUT2D eigenvalue weighted by Crippen LogP contribution is -2.37. The number of anilines is 2. The fourth-order valence-electron chi connectivity index (χ4n) is 3.70. The van der Waals surface area contributed by atoms with Gasteiger partial charge in [-0.05, 0) is 61.4 Å². The standard InChI is InChI=1S/C26H20Cl2N6O5/c1-2-38-26(37)31-24(35)22(14-29)33-32-16-12-20(27)23(21(28)13-16)39-18-3-4-19-15(11-18)7-10-34(25(19)36)17-5-8-30-9-6-17/h3-6,8-9,11-13,32H,2,7,10H2,1H3,(H,31,35,37). The molecule has 198 valence electrons. The molecule has 0 atom stereocenters. The number of carbonyl (C=O) groups is 3. The van der Waals surface area contributed by atoms with Gasteiger partial charge in [0.1, 0.15) is 11.8 Å². The van der Waals surface area contributed by atoms with Crippen molar-refractivity contribution >= 4 is 58.2 Å². The molecule has 0 spiro atoms. The number of benzene rings is 2. The van der Waals surface area contributed by atoms with Gasteiger partial charge < -0.3 is 14.4 Å². The first-order valence-electron chi connectivity index (χ1n) is 11.5. The Morgan fingerprint density at radius 1 is 1.15 bits per heavy atom. The number of hydrogen-bond donors (Lipinski definition) is 2. The average molecular weight is 567 g/mol. The molecule has 13 heteroatoms. The molecule has 0 bridgehead atoms. The number of carbonyl (C=O) groups excluding carboxylic acids is 3. The number of halogens is 2. The van der Waals surface area contributed by atoms with Crippen molar-refractivity contribution in [1.82, 2.24) is 10.3 Å². The Balaban J connectivity index is 1.47. The van der Waals surface area contributed by atoms with Crippen LogP contribution in [0.25, 0.3) is 0 Å². The number of fused-ring (bicyclic) bond motifs is 1. The number of ether oxygens (including phenoxy) is 2. The third-order valence-electron chi connectivity index (χ3n) is 5.46. The summed E-state index contributed by atoms with van der Waals surface area (Å²) >= 11 is 12.8. The van der Waals surface area contributed by atoms with Gasteiger partial charge >= 0.3 is 6.09 Å². The highest BCUT2D eigenvalue weighted by Gasteiger charge is 2.26. The van der Waals surface area contributed by atoms with Crippen molar-refractivity contribution in [1.29, 1.82) is 5.26 Å². The zero-order valence-electron chi connectivity index (χ0n) is 20.4. The van der Waals surface area contributed by atoms with Gasteiger partial charge in [-0.25, -0.2) is 4.79 Å². The van der Waals surface area contributed by atoms with Crippen LogP contribution in [0.2, 0.25) is 10.0 Å². The summed E-state index contributed by atoms with van der Waals surface area (Å²) in [5, 5.41) is 15.0. The number of aromatic nitrogens is 1. The highest BCUT2D eigenvalue weighted by atomic mass is 35.5. The minimum Gasteiger partial charge on any atom is -0.454 e. The molecule has 11 nitrogen and oxygen atoms in total. The average Bonchev–Trinajstić information content (AvgIpc) is 2.92. The molecule has 0 aliphatic carbocycles. The maximum atomic E-state index is 13.0. The van der Waals surface area contributed by atoms with Crippen LogP contribution in [-0.4, -0.2) is 41.8 Å². The lowest BCUT2D eigenvalue weighted by atomic mass is 9.98. The van der Waals surface area contributed by atoms with E-state index in [0.717, 1.165) is 11.3 Å². The van der Waals surface area contributed by atoms with Gasteiger partial charge in [0.05, 0.1) is 22.3 Å². The zero-order valence-corrected chi connectivity index (χ0v) is 21.9. The van der Waals surface area contributed by atoms with Crippen LogP contribution in [0, 0.1) is 11.3 Å². The number of nitrogens with zero attached hydrogens (tertiary/aromatic N) is 4. The summed E-state index contributed by atoms with van der Waals surface area (Å²) in [6, 6.07) is 13.1. The van der Waals surface area contributed by atoms with E-state index in [1.54, 1.807) is 60.6 Å². The van der Waals surface area contributed by atoms with Crippen molar-refractivity contribution < 1.29 is 23.9 Å². The van der Waals surface area contributed by atoms with Gasteiger partial charge in [-0.15, -0.1) is 0 Å². The van der Waals surface area contributed by atoms with Gasteiger partial charge in [0.15, 0.2) is 5.75 Å². The van der Waals surface area contributed by atoms with E-state index in [9.17, 15) is 19.6 Å². The number of alkyl carbamates (subject to hydrolysis) is 1. The van der Waals surface area contributed by atoms with Crippen LogP contribution in [0.5, 0.6) is 11.5 Å². The summed E-state index contributed by atoms with van der Waals surface area (Å²) in [6.07, 6.45) is 2.89. The lowest BCUT2D eigenvalue weighted by Gasteiger charge is -2.28. The molecule has 0 saturated carbocycles. The molecule has 3 amide bonds. The fourth-order valence-corrected chi connectivity index (χ4v) is 4.27. The summed E-state index contributed by atoms with van der Waals surface area (Å²) in [4.78, 5) is 42.1. The van der Waals surface area contributed by atoms with E-state index in [1.165, 1.54) is 12.1 Å². The normalized spacial score (nSPS) is 12.7. The van der Waals surface area contributed by atoms with Crippen LogP contribution in [-0.2, 0) is 16.0 Å². The fraction of sp³-hybridized carbons (Fsp3) is 0.154. The molecular formula is C26H20Cl2N6O5. The Morgan fingerprint density at radius 2 is 1.87 bits per heavy atom. The predicted molar refractivity (Wildman–Crippen MR) is 144 cm³/mol. The van der Waals surface area contributed by atoms with Crippen LogP contribution in [0.3, 0.4) is 0 Å². The maximum Gasteiger partial charge on any atom is 0.414 e. The molecule has 39 heavy (non-hydrogen) atoms. The molecule has 0 saturated heterocycles. The zero-order chi connectivity index (χ0) is 27.9. The van der Waals surface area contributed by atoms with Gasteiger partial charge in [-0.2, -0.15) is 10.4 Å². The monoisotopic (exact) mass is 566 g/mol. The number of nitriles is 1. The van der Waals surface area contributed by atoms with E-state index in [0.29, 0.717) is 24.3 Å². The first kappa shape index (κ1) is 27.4. The summed E-state index contributed by atoms with van der Waals surface area (Å²) < 4.78 is 10.5. The Bertz CT molecular complexity index is 1480. The third-order valence-corrected chi connectivity index (χ3v) is 6.02. The Hall–Kier alpha value is -4.66. The molecule has 4 rings (SSSR count). The van der Waals surface area contributed by atoms with Crippen molar-refractivity contribution in [3.8, 4) is 17.6 Å². The van der Waals surface area contributed by atoms with Crippen molar-refractivity contribution in [2.75, 3.05) is 23.5 Å². The SMILES string of the molecule is CCOC(=O)NC(=O)C(C#N)=NNc1cc(Cl)c(Oc2ccc3c(c2)CCN(c2ccncc2)C3=O)c(Cl)c1. The molecule has 1 aliphatic rings. The molecule has 1 aliphatic heterocycles. The van der Waals surface area contributed by atoms with Crippen molar-refractivity contribution in [2.45, 2.75) is 13.3 Å². The van der Waals surface area contributed by atoms with Crippen LogP contribution in [0.1, 0.15) is 22.8 Å². The maximum absolute atomic E-state index is 13.0. The molecule has 0 radical (unpaired) electrons. The van der Waals surface area contributed by atoms with Gasteiger partial charge in [-0.1, -0.05) is 23.2 Å². The van der Waals surface area contributed by atoms with Crippen LogP contribution in [0.4, 0.5) is 16.2 Å². The highest BCUT2D eigenvalue weighted by molar-refractivity contribution is 6.47. The topological polar surface area (TPSA) is 146 Å². The molecule has 3 aromatic rings. The summed E-state index contributed by atoms with van der Waals surface area (Å²) in [5.41, 5.74) is 4.30. The highest BCUT2D eigenvalue weighted by Crippen LogP contribution is 2.39. The first-order chi connectivity index (χ1) is 18.8. The van der Waals surface area contributed by atoms with Crippen molar-refractivity contribution in [3.63, 3.8) is 0 Å². The molecule has 2 heterocycles. The van der Waals surface area contributed by atoms with E-state index in [4.69, 9.17) is 27.9 Å². The first-order valence-corrected chi connectivity index (χ1v) is 12.3. The minimum atomic E-state index is -1.05. The Kier molecular flexibility index (Phi) is 8.60. The summed E-state index contributed by atoms with van der Waals surface area (Å²) in [6.45, 7) is 2.12.